The maximum Gasteiger partial charge on any atom is 0.0701 e. The van der Waals surface area contributed by atoms with Crippen molar-refractivity contribution in [3.8, 4) is 0 Å². The Labute approximate surface area is 115 Å². The predicted octanol–water partition coefficient (Wildman–Crippen LogP) is 4.27. The number of nitrogens with one attached hydrogen (secondary N) is 1. The highest BCUT2D eigenvalue weighted by Crippen LogP contribution is 2.27. The van der Waals surface area contributed by atoms with Crippen molar-refractivity contribution in [2.45, 2.75) is 43.5 Å². The molecule has 1 saturated carbocycles. The summed E-state index contributed by atoms with van der Waals surface area (Å²) in [5.41, 5.74) is 0. The van der Waals surface area contributed by atoms with E-state index in [1.807, 2.05) is 23.1 Å². The van der Waals surface area contributed by atoms with Crippen LogP contribution in [0, 0.1) is 0 Å². The number of thiophene rings is 1. The molecule has 1 aromatic heterocycles. The van der Waals surface area contributed by atoms with Crippen molar-refractivity contribution in [2.75, 3.05) is 6.26 Å². The van der Waals surface area contributed by atoms with Gasteiger partial charge in [-0.15, -0.1) is 11.3 Å². The van der Waals surface area contributed by atoms with E-state index in [4.69, 9.17) is 0 Å². The molecule has 1 nitrogen and oxygen atoms in total. The van der Waals surface area contributed by atoms with Crippen LogP contribution in [0.4, 0.5) is 0 Å². The smallest absolute Gasteiger partial charge is 0.0701 e. The highest BCUT2D eigenvalue weighted by Gasteiger charge is 2.19. The van der Waals surface area contributed by atoms with E-state index in [0.29, 0.717) is 0 Å². The quantitative estimate of drug-likeness (QED) is 0.889. The monoisotopic (exact) mass is 319 g/mol. The SMILES string of the molecule is CSC1CCC(NCc2ccc(Br)s2)CC1. The molecule has 1 fully saturated rings. The van der Waals surface area contributed by atoms with Crippen molar-refractivity contribution in [1.29, 1.82) is 0 Å². The summed E-state index contributed by atoms with van der Waals surface area (Å²) in [6.07, 6.45) is 7.69. The Bertz CT molecular complexity index is 319. The predicted molar refractivity (Wildman–Crippen MR) is 78.4 cm³/mol. The van der Waals surface area contributed by atoms with E-state index in [1.165, 1.54) is 34.3 Å². The van der Waals surface area contributed by atoms with Gasteiger partial charge in [-0.25, -0.2) is 0 Å². The van der Waals surface area contributed by atoms with Crippen molar-refractivity contribution < 1.29 is 0 Å². The Balaban J connectivity index is 1.71. The Morgan fingerprint density at radius 3 is 2.69 bits per heavy atom. The van der Waals surface area contributed by atoms with Crippen molar-refractivity contribution in [1.82, 2.24) is 5.32 Å². The van der Waals surface area contributed by atoms with Gasteiger partial charge in [0, 0.05) is 22.7 Å². The first-order valence-electron chi connectivity index (χ1n) is 5.78. The molecule has 90 valence electrons. The number of thioether (sulfide) groups is 1. The first kappa shape index (κ1) is 12.9. The summed E-state index contributed by atoms with van der Waals surface area (Å²) in [6, 6.07) is 5.07. The summed E-state index contributed by atoms with van der Waals surface area (Å²) >= 11 is 7.37. The summed E-state index contributed by atoms with van der Waals surface area (Å²) in [5.74, 6) is 0. The van der Waals surface area contributed by atoms with Gasteiger partial charge in [0.05, 0.1) is 3.79 Å². The molecule has 0 bridgehead atoms. The third kappa shape index (κ3) is 3.76. The van der Waals surface area contributed by atoms with Gasteiger partial charge in [-0.05, 0) is 60.0 Å². The van der Waals surface area contributed by atoms with E-state index >= 15 is 0 Å². The van der Waals surface area contributed by atoms with E-state index in [2.05, 4.69) is 39.6 Å². The van der Waals surface area contributed by atoms with Crippen LogP contribution in [0.1, 0.15) is 30.6 Å². The zero-order chi connectivity index (χ0) is 11.4. The van der Waals surface area contributed by atoms with Crippen molar-refractivity contribution in [2.24, 2.45) is 0 Å². The lowest BCUT2D eigenvalue weighted by atomic mass is 9.95. The van der Waals surface area contributed by atoms with Crippen LogP contribution in [0.15, 0.2) is 15.9 Å². The minimum atomic E-state index is 0.740. The summed E-state index contributed by atoms with van der Waals surface area (Å²) in [7, 11) is 0. The molecule has 0 saturated heterocycles. The number of hydrogen-bond acceptors (Lipinski definition) is 3. The molecule has 0 amide bonds. The van der Waals surface area contributed by atoms with E-state index in [-0.39, 0.29) is 0 Å². The fraction of sp³-hybridized carbons (Fsp3) is 0.667. The van der Waals surface area contributed by atoms with E-state index < -0.39 is 0 Å². The van der Waals surface area contributed by atoms with Crippen molar-refractivity contribution >= 4 is 39.0 Å². The molecule has 1 aliphatic carbocycles. The Morgan fingerprint density at radius 2 is 2.12 bits per heavy atom. The fourth-order valence-corrected chi connectivity index (χ4v) is 4.37. The third-order valence-corrected chi connectivity index (χ3v) is 5.96. The van der Waals surface area contributed by atoms with E-state index in [1.54, 1.807) is 0 Å². The van der Waals surface area contributed by atoms with Gasteiger partial charge in [0.25, 0.3) is 0 Å². The van der Waals surface area contributed by atoms with Gasteiger partial charge in [0.1, 0.15) is 0 Å². The minimum Gasteiger partial charge on any atom is -0.309 e. The Morgan fingerprint density at radius 1 is 1.38 bits per heavy atom. The van der Waals surface area contributed by atoms with Gasteiger partial charge in [-0.3, -0.25) is 0 Å². The maximum absolute atomic E-state index is 3.68. The molecule has 4 heteroatoms. The average molecular weight is 320 g/mol. The average Bonchev–Trinajstić information content (AvgIpc) is 2.73. The maximum atomic E-state index is 3.68. The zero-order valence-corrected chi connectivity index (χ0v) is 12.8. The van der Waals surface area contributed by atoms with Crippen LogP contribution in [-0.2, 0) is 6.54 Å². The zero-order valence-electron chi connectivity index (χ0n) is 9.54. The lowest BCUT2D eigenvalue weighted by Crippen LogP contribution is -2.33. The van der Waals surface area contributed by atoms with Gasteiger partial charge in [0.2, 0.25) is 0 Å². The molecule has 0 radical (unpaired) electrons. The number of hydrogen-bond donors (Lipinski definition) is 1. The van der Waals surface area contributed by atoms with Crippen LogP contribution in [0.3, 0.4) is 0 Å². The molecular weight excluding hydrogens is 302 g/mol. The largest absolute Gasteiger partial charge is 0.309 e. The number of rotatable bonds is 4. The van der Waals surface area contributed by atoms with Gasteiger partial charge in [0.15, 0.2) is 0 Å². The van der Waals surface area contributed by atoms with Gasteiger partial charge < -0.3 is 5.32 Å². The lowest BCUT2D eigenvalue weighted by Gasteiger charge is -2.28. The highest BCUT2D eigenvalue weighted by molar-refractivity contribution is 9.11. The van der Waals surface area contributed by atoms with Gasteiger partial charge in [-0.1, -0.05) is 0 Å². The molecule has 0 aliphatic heterocycles. The van der Waals surface area contributed by atoms with Crippen LogP contribution < -0.4 is 5.32 Å². The molecule has 1 heterocycles. The summed E-state index contributed by atoms with van der Waals surface area (Å²) in [4.78, 5) is 1.43. The van der Waals surface area contributed by atoms with Crippen LogP contribution in [-0.4, -0.2) is 17.5 Å². The first-order valence-corrected chi connectivity index (χ1v) is 8.68. The Hall–Kier alpha value is 0.490. The number of halogens is 1. The molecule has 1 N–H and O–H groups in total. The van der Waals surface area contributed by atoms with E-state index in [0.717, 1.165) is 17.8 Å². The molecule has 0 atom stereocenters. The minimum absolute atomic E-state index is 0.740. The normalized spacial score (nSPS) is 25.9. The Kier molecular flexibility index (Phi) is 5.20. The molecule has 1 aliphatic rings. The van der Waals surface area contributed by atoms with Crippen LogP contribution in [0.5, 0.6) is 0 Å². The topological polar surface area (TPSA) is 12.0 Å². The van der Waals surface area contributed by atoms with Crippen molar-refractivity contribution in [3.05, 3.63) is 20.8 Å². The second kappa shape index (κ2) is 6.43. The molecule has 0 aromatic carbocycles. The standard InChI is InChI=1S/C12H18BrNS2/c1-15-10-4-2-9(3-5-10)14-8-11-6-7-12(13)16-11/h6-7,9-10,14H,2-5,8H2,1H3. The molecule has 2 rings (SSSR count). The molecule has 16 heavy (non-hydrogen) atoms. The third-order valence-electron chi connectivity index (χ3n) is 3.20. The molecule has 1 aromatic rings. The van der Waals surface area contributed by atoms with Crippen molar-refractivity contribution in [3.63, 3.8) is 0 Å². The van der Waals surface area contributed by atoms with Crippen LogP contribution in [0.2, 0.25) is 0 Å². The molecule has 0 unspecified atom stereocenters. The summed E-state index contributed by atoms with van der Waals surface area (Å²) < 4.78 is 1.23. The van der Waals surface area contributed by atoms with Gasteiger partial charge in [-0.2, -0.15) is 11.8 Å². The second-order valence-corrected chi connectivity index (χ2v) is 7.98. The molecule has 0 spiro atoms. The van der Waals surface area contributed by atoms with Crippen LogP contribution in [0.25, 0.3) is 0 Å². The lowest BCUT2D eigenvalue weighted by molar-refractivity contribution is 0.380. The second-order valence-electron chi connectivity index (χ2n) is 4.30. The van der Waals surface area contributed by atoms with Crippen LogP contribution >= 0.6 is 39.0 Å². The molecular formula is C12H18BrNS2. The fourth-order valence-electron chi connectivity index (χ4n) is 2.19. The van der Waals surface area contributed by atoms with Gasteiger partial charge >= 0.3 is 0 Å². The summed E-state index contributed by atoms with van der Waals surface area (Å²) in [5, 5.41) is 4.59. The highest BCUT2D eigenvalue weighted by atomic mass is 79.9. The first-order chi connectivity index (χ1) is 7.78. The summed E-state index contributed by atoms with van der Waals surface area (Å²) in [6.45, 7) is 1.03. The van der Waals surface area contributed by atoms with E-state index in [9.17, 15) is 0 Å².